The van der Waals surface area contributed by atoms with E-state index >= 15 is 0 Å². The molecule has 0 aromatic rings. The van der Waals surface area contributed by atoms with E-state index in [4.69, 9.17) is 10.5 Å². The summed E-state index contributed by atoms with van der Waals surface area (Å²) < 4.78 is 5.38. The fourth-order valence-electron chi connectivity index (χ4n) is 2.35. The molecule has 0 spiro atoms. The predicted molar refractivity (Wildman–Crippen MR) is 57.2 cm³/mol. The van der Waals surface area contributed by atoms with Gasteiger partial charge in [-0.25, -0.2) is 0 Å². The Labute approximate surface area is 86.6 Å². The maximum Gasteiger partial charge on any atom is 0.0495 e. The second kappa shape index (κ2) is 5.10. The van der Waals surface area contributed by atoms with E-state index in [0.717, 1.165) is 19.1 Å². The summed E-state index contributed by atoms with van der Waals surface area (Å²) in [5.74, 6) is 0.825. The number of likely N-dealkylation sites (tertiary alicyclic amines) is 1. The van der Waals surface area contributed by atoms with Crippen LogP contribution in [0.25, 0.3) is 0 Å². The molecule has 1 atom stereocenters. The average Bonchev–Trinajstić information content (AvgIpc) is 2.70. The molecule has 2 aliphatic heterocycles. The number of piperidine rings is 1. The van der Waals surface area contributed by atoms with Crippen LogP contribution in [0.3, 0.4) is 0 Å². The van der Waals surface area contributed by atoms with Crippen molar-refractivity contribution in [2.24, 2.45) is 11.7 Å². The average molecular weight is 198 g/mol. The van der Waals surface area contributed by atoms with Crippen molar-refractivity contribution in [3.8, 4) is 0 Å². The number of ether oxygens (including phenoxy) is 1. The molecular weight excluding hydrogens is 176 g/mol. The minimum Gasteiger partial charge on any atom is -0.381 e. The van der Waals surface area contributed by atoms with E-state index in [9.17, 15) is 0 Å². The summed E-state index contributed by atoms with van der Waals surface area (Å²) in [5, 5.41) is 0. The molecule has 1 unspecified atom stereocenters. The van der Waals surface area contributed by atoms with Gasteiger partial charge in [0.2, 0.25) is 0 Å². The van der Waals surface area contributed by atoms with E-state index in [-0.39, 0.29) is 0 Å². The number of hydrogen-bond donors (Lipinski definition) is 1. The maximum absolute atomic E-state index is 5.87. The molecule has 14 heavy (non-hydrogen) atoms. The van der Waals surface area contributed by atoms with Gasteiger partial charge in [0, 0.05) is 19.3 Å². The Kier molecular flexibility index (Phi) is 3.79. The highest BCUT2D eigenvalue weighted by atomic mass is 16.5. The molecule has 2 heterocycles. The van der Waals surface area contributed by atoms with Crippen molar-refractivity contribution >= 4 is 0 Å². The molecule has 3 heteroatoms. The molecule has 3 nitrogen and oxygen atoms in total. The van der Waals surface area contributed by atoms with E-state index in [2.05, 4.69) is 4.90 Å². The lowest BCUT2D eigenvalue weighted by molar-refractivity contribution is 0.170. The summed E-state index contributed by atoms with van der Waals surface area (Å²) in [5.41, 5.74) is 5.87. The lowest BCUT2D eigenvalue weighted by Gasteiger charge is -2.30. The standard InChI is InChI=1S/C11H22N2O/c12-11-2-6-13(7-3-11)5-1-10-4-8-14-9-10/h10-11H,1-9,12H2. The van der Waals surface area contributed by atoms with Gasteiger partial charge in [-0.1, -0.05) is 0 Å². The summed E-state index contributed by atoms with van der Waals surface area (Å²) in [7, 11) is 0. The Morgan fingerprint density at radius 2 is 2.00 bits per heavy atom. The van der Waals surface area contributed by atoms with Crippen LogP contribution in [0.5, 0.6) is 0 Å². The molecule has 0 amide bonds. The summed E-state index contributed by atoms with van der Waals surface area (Å²) in [6, 6.07) is 0.459. The van der Waals surface area contributed by atoms with Gasteiger partial charge in [0.05, 0.1) is 0 Å². The van der Waals surface area contributed by atoms with Crippen LogP contribution in [-0.4, -0.2) is 43.8 Å². The van der Waals surface area contributed by atoms with Crippen LogP contribution in [-0.2, 0) is 4.74 Å². The van der Waals surface area contributed by atoms with Crippen molar-refractivity contribution in [3.63, 3.8) is 0 Å². The molecule has 82 valence electrons. The molecule has 2 rings (SSSR count). The zero-order chi connectivity index (χ0) is 9.80. The van der Waals surface area contributed by atoms with Crippen LogP contribution in [0.1, 0.15) is 25.7 Å². The van der Waals surface area contributed by atoms with Gasteiger partial charge in [-0.2, -0.15) is 0 Å². The third-order valence-corrected chi connectivity index (χ3v) is 3.51. The smallest absolute Gasteiger partial charge is 0.0495 e. The Balaban J connectivity index is 1.60. The molecule has 2 saturated heterocycles. The largest absolute Gasteiger partial charge is 0.381 e. The van der Waals surface area contributed by atoms with Gasteiger partial charge in [0.15, 0.2) is 0 Å². The summed E-state index contributed by atoms with van der Waals surface area (Å²) in [4.78, 5) is 2.56. The van der Waals surface area contributed by atoms with Crippen molar-refractivity contribution in [2.75, 3.05) is 32.8 Å². The van der Waals surface area contributed by atoms with Crippen LogP contribution in [0, 0.1) is 5.92 Å². The van der Waals surface area contributed by atoms with E-state index in [0.29, 0.717) is 6.04 Å². The zero-order valence-electron chi connectivity index (χ0n) is 8.95. The van der Waals surface area contributed by atoms with Crippen LogP contribution in [0.4, 0.5) is 0 Å². The number of nitrogens with zero attached hydrogens (tertiary/aromatic N) is 1. The van der Waals surface area contributed by atoms with Gasteiger partial charge in [0.1, 0.15) is 0 Å². The van der Waals surface area contributed by atoms with Gasteiger partial charge >= 0.3 is 0 Å². The fourth-order valence-corrected chi connectivity index (χ4v) is 2.35. The lowest BCUT2D eigenvalue weighted by atomic mass is 10.0. The summed E-state index contributed by atoms with van der Waals surface area (Å²) in [6.45, 7) is 5.63. The highest BCUT2D eigenvalue weighted by molar-refractivity contribution is 4.75. The molecule has 0 aliphatic carbocycles. The highest BCUT2D eigenvalue weighted by Gasteiger charge is 2.19. The third kappa shape index (κ3) is 2.94. The topological polar surface area (TPSA) is 38.5 Å². The summed E-state index contributed by atoms with van der Waals surface area (Å²) >= 11 is 0. The van der Waals surface area contributed by atoms with E-state index < -0.39 is 0 Å². The minimum atomic E-state index is 0.459. The lowest BCUT2D eigenvalue weighted by Crippen LogP contribution is -2.40. The molecule has 0 aromatic heterocycles. The van der Waals surface area contributed by atoms with E-state index in [1.807, 2.05) is 0 Å². The predicted octanol–water partition coefficient (Wildman–Crippen LogP) is 0.836. The SMILES string of the molecule is NC1CCN(CCC2CCOC2)CC1. The first kappa shape index (κ1) is 10.4. The number of hydrogen-bond acceptors (Lipinski definition) is 3. The zero-order valence-corrected chi connectivity index (χ0v) is 8.95. The first-order valence-electron chi connectivity index (χ1n) is 5.90. The highest BCUT2D eigenvalue weighted by Crippen LogP contribution is 2.18. The molecule has 2 aliphatic rings. The third-order valence-electron chi connectivity index (χ3n) is 3.51. The molecule has 0 radical (unpaired) electrons. The summed E-state index contributed by atoms with van der Waals surface area (Å²) in [6.07, 6.45) is 4.95. The number of rotatable bonds is 3. The molecule has 2 N–H and O–H groups in total. The Hall–Kier alpha value is -0.120. The first-order valence-corrected chi connectivity index (χ1v) is 5.90. The van der Waals surface area contributed by atoms with Gasteiger partial charge in [-0.15, -0.1) is 0 Å². The van der Waals surface area contributed by atoms with Crippen LogP contribution >= 0.6 is 0 Å². The van der Waals surface area contributed by atoms with Crippen molar-refractivity contribution < 1.29 is 4.74 Å². The Bertz CT molecular complexity index is 161. The second-order valence-corrected chi connectivity index (χ2v) is 4.70. The molecule has 0 bridgehead atoms. The van der Waals surface area contributed by atoms with Gasteiger partial charge < -0.3 is 15.4 Å². The first-order chi connectivity index (χ1) is 6.84. The van der Waals surface area contributed by atoms with Crippen molar-refractivity contribution in [3.05, 3.63) is 0 Å². The molecule has 2 fully saturated rings. The van der Waals surface area contributed by atoms with E-state index in [1.165, 1.54) is 45.3 Å². The number of nitrogens with two attached hydrogens (primary N) is 1. The van der Waals surface area contributed by atoms with Crippen molar-refractivity contribution in [1.29, 1.82) is 0 Å². The van der Waals surface area contributed by atoms with Crippen LogP contribution in [0.2, 0.25) is 0 Å². The van der Waals surface area contributed by atoms with Crippen molar-refractivity contribution in [1.82, 2.24) is 4.90 Å². The van der Waals surface area contributed by atoms with Gasteiger partial charge in [-0.3, -0.25) is 0 Å². The van der Waals surface area contributed by atoms with Crippen molar-refractivity contribution in [2.45, 2.75) is 31.7 Å². The quantitative estimate of drug-likeness (QED) is 0.730. The molecular formula is C11H22N2O. The second-order valence-electron chi connectivity index (χ2n) is 4.70. The Morgan fingerprint density at radius 3 is 2.64 bits per heavy atom. The van der Waals surface area contributed by atoms with Crippen LogP contribution < -0.4 is 5.73 Å². The fraction of sp³-hybridized carbons (Fsp3) is 1.00. The monoisotopic (exact) mass is 198 g/mol. The maximum atomic E-state index is 5.87. The van der Waals surface area contributed by atoms with E-state index in [1.54, 1.807) is 0 Å². The molecule has 0 saturated carbocycles. The minimum absolute atomic E-state index is 0.459. The Morgan fingerprint density at radius 1 is 1.21 bits per heavy atom. The normalized spacial score (nSPS) is 31.1. The van der Waals surface area contributed by atoms with Gasteiger partial charge in [-0.05, 0) is 51.2 Å². The molecule has 0 aromatic carbocycles. The van der Waals surface area contributed by atoms with Gasteiger partial charge in [0.25, 0.3) is 0 Å². The van der Waals surface area contributed by atoms with Crippen LogP contribution in [0.15, 0.2) is 0 Å².